The van der Waals surface area contributed by atoms with Crippen LogP contribution in [0.1, 0.15) is 62.4 Å². The van der Waals surface area contributed by atoms with E-state index in [1.54, 1.807) is 25.3 Å². The van der Waals surface area contributed by atoms with Crippen molar-refractivity contribution in [2.45, 2.75) is 52.1 Å². The van der Waals surface area contributed by atoms with Gasteiger partial charge in [0.1, 0.15) is 16.9 Å². The fourth-order valence-electron chi connectivity index (χ4n) is 3.20. The highest BCUT2D eigenvalue weighted by molar-refractivity contribution is 5.93. The molecule has 0 saturated heterocycles. The van der Waals surface area contributed by atoms with E-state index in [-0.39, 0.29) is 17.0 Å². The first-order valence-electron chi connectivity index (χ1n) is 7.87. The molecule has 0 aliphatic heterocycles. The Morgan fingerprint density at radius 3 is 2.41 bits per heavy atom. The maximum absolute atomic E-state index is 12.8. The van der Waals surface area contributed by atoms with Crippen molar-refractivity contribution in [1.82, 2.24) is 0 Å². The number of methoxy groups -OCH3 is 1. The molecule has 1 saturated carbocycles. The summed E-state index contributed by atoms with van der Waals surface area (Å²) in [6.07, 6.45) is 5.77. The predicted octanol–water partition coefficient (Wildman–Crippen LogP) is 4.85. The van der Waals surface area contributed by atoms with E-state index < -0.39 is 0 Å². The average Bonchev–Trinajstić information content (AvgIpc) is 2.96. The van der Waals surface area contributed by atoms with Crippen molar-refractivity contribution < 1.29 is 14.3 Å². The maximum Gasteiger partial charge on any atom is 0.342 e. The van der Waals surface area contributed by atoms with Crippen LogP contribution >= 0.6 is 0 Å². The van der Waals surface area contributed by atoms with Gasteiger partial charge >= 0.3 is 5.97 Å². The molecule has 1 fully saturated rings. The zero-order valence-corrected chi connectivity index (χ0v) is 14.1. The number of esters is 1. The van der Waals surface area contributed by atoms with Gasteiger partial charge in [0.25, 0.3) is 0 Å². The van der Waals surface area contributed by atoms with Gasteiger partial charge < -0.3 is 9.47 Å². The van der Waals surface area contributed by atoms with Crippen LogP contribution in [0.5, 0.6) is 5.75 Å². The third-order valence-corrected chi connectivity index (χ3v) is 4.75. The van der Waals surface area contributed by atoms with Gasteiger partial charge in [-0.15, -0.1) is 0 Å². The lowest BCUT2D eigenvalue weighted by molar-refractivity contribution is -0.0750. The molecule has 0 heterocycles. The molecule has 0 atom stereocenters. The van der Waals surface area contributed by atoms with Crippen LogP contribution in [0, 0.1) is 5.41 Å². The molecule has 22 heavy (non-hydrogen) atoms. The molecule has 1 aliphatic rings. The smallest absolute Gasteiger partial charge is 0.342 e. The van der Waals surface area contributed by atoms with Crippen molar-refractivity contribution in [2.75, 3.05) is 7.11 Å². The van der Waals surface area contributed by atoms with Crippen molar-refractivity contribution in [3.05, 3.63) is 35.9 Å². The second-order valence-electron chi connectivity index (χ2n) is 7.00. The van der Waals surface area contributed by atoms with E-state index in [2.05, 4.69) is 27.4 Å². The molecule has 2 rings (SSSR count). The lowest BCUT2D eigenvalue weighted by Crippen LogP contribution is -2.44. The third kappa shape index (κ3) is 3.03. The van der Waals surface area contributed by atoms with Crippen molar-refractivity contribution in [2.24, 2.45) is 5.41 Å². The third-order valence-electron chi connectivity index (χ3n) is 4.75. The van der Waals surface area contributed by atoms with Crippen LogP contribution in [-0.4, -0.2) is 18.7 Å². The highest BCUT2D eigenvalue weighted by Crippen LogP contribution is 2.47. The molecular weight excluding hydrogens is 276 g/mol. The van der Waals surface area contributed by atoms with E-state index in [1.165, 1.54) is 0 Å². The molecule has 3 heteroatoms. The van der Waals surface area contributed by atoms with Crippen molar-refractivity contribution in [3.8, 4) is 5.75 Å². The molecule has 0 amide bonds. The van der Waals surface area contributed by atoms with Gasteiger partial charge in [-0.05, 0) is 43.4 Å². The number of carbonyl (C=O) groups excluding carboxylic acids is 1. The largest absolute Gasteiger partial charge is 0.496 e. The standard InChI is InChI=1S/C19H26O3/c1-6-14-9-10-16(21-5)15(13-14)17(20)22-19(18(2,3)4)11-7-8-12-19/h6,9-10,13H,1,7-8,11-12H2,2-5H3. The maximum atomic E-state index is 12.8. The van der Waals surface area contributed by atoms with Crippen molar-refractivity contribution in [1.29, 1.82) is 0 Å². The van der Waals surface area contributed by atoms with E-state index in [0.717, 1.165) is 31.2 Å². The zero-order chi connectivity index (χ0) is 16.4. The van der Waals surface area contributed by atoms with E-state index >= 15 is 0 Å². The summed E-state index contributed by atoms with van der Waals surface area (Å²) >= 11 is 0. The van der Waals surface area contributed by atoms with Gasteiger partial charge in [-0.3, -0.25) is 0 Å². The summed E-state index contributed by atoms with van der Waals surface area (Å²) in [6, 6.07) is 5.43. The molecule has 120 valence electrons. The summed E-state index contributed by atoms with van der Waals surface area (Å²) in [6.45, 7) is 10.2. The van der Waals surface area contributed by atoms with Crippen LogP contribution in [0.4, 0.5) is 0 Å². The Morgan fingerprint density at radius 1 is 1.27 bits per heavy atom. The second kappa shape index (κ2) is 6.15. The quantitative estimate of drug-likeness (QED) is 0.745. The minimum absolute atomic E-state index is 0.0809. The molecule has 0 N–H and O–H groups in total. The SMILES string of the molecule is C=Cc1ccc(OC)c(C(=O)OC2(C(C)(C)C)CCCC2)c1. The molecule has 0 bridgehead atoms. The summed E-state index contributed by atoms with van der Waals surface area (Å²) in [4.78, 5) is 12.8. The Bertz CT molecular complexity index is 561. The van der Waals surface area contributed by atoms with Crippen molar-refractivity contribution >= 4 is 12.0 Å². The summed E-state index contributed by atoms with van der Waals surface area (Å²) < 4.78 is 11.4. The summed E-state index contributed by atoms with van der Waals surface area (Å²) in [5.41, 5.74) is 0.876. The number of hydrogen-bond donors (Lipinski definition) is 0. The molecule has 0 radical (unpaired) electrons. The summed E-state index contributed by atoms with van der Waals surface area (Å²) in [7, 11) is 1.56. The van der Waals surface area contributed by atoms with Crippen LogP contribution in [0.15, 0.2) is 24.8 Å². The lowest BCUT2D eigenvalue weighted by Gasteiger charge is -2.41. The Labute approximate surface area is 133 Å². The van der Waals surface area contributed by atoms with Gasteiger partial charge in [0.15, 0.2) is 0 Å². The van der Waals surface area contributed by atoms with Crippen LogP contribution < -0.4 is 4.74 Å². The van der Waals surface area contributed by atoms with E-state index in [0.29, 0.717) is 11.3 Å². The van der Waals surface area contributed by atoms with E-state index in [1.807, 2.05) is 6.07 Å². The average molecular weight is 302 g/mol. The number of ether oxygens (including phenoxy) is 2. The Morgan fingerprint density at radius 2 is 1.91 bits per heavy atom. The Kier molecular flexibility index (Phi) is 4.64. The van der Waals surface area contributed by atoms with Crippen molar-refractivity contribution in [3.63, 3.8) is 0 Å². The molecule has 1 aromatic rings. The zero-order valence-electron chi connectivity index (χ0n) is 14.1. The predicted molar refractivity (Wildman–Crippen MR) is 89.2 cm³/mol. The Balaban J connectivity index is 2.33. The van der Waals surface area contributed by atoms with Gasteiger partial charge in [-0.1, -0.05) is 39.5 Å². The van der Waals surface area contributed by atoms with Crippen LogP contribution in [0.25, 0.3) is 6.08 Å². The summed E-state index contributed by atoms with van der Waals surface area (Å²) in [5, 5.41) is 0. The number of carbonyl (C=O) groups is 1. The minimum atomic E-state index is -0.390. The molecule has 1 aliphatic carbocycles. The fourth-order valence-corrected chi connectivity index (χ4v) is 3.20. The van der Waals surface area contributed by atoms with Crippen LogP contribution in [0.2, 0.25) is 0 Å². The first kappa shape index (κ1) is 16.6. The topological polar surface area (TPSA) is 35.5 Å². The van der Waals surface area contributed by atoms with Gasteiger partial charge in [-0.2, -0.15) is 0 Å². The van der Waals surface area contributed by atoms with Gasteiger partial charge in [-0.25, -0.2) is 4.79 Å². The molecule has 3 nitrogen and oxygen atoms in total. The van der Waals surface area contributed by atoms with Crippen LogP contribution in [-0.2, 0) is 4.74 Å². The molecule has 1 aromatic carbocycles. The second-order valence-corrected chi connectivity index (χ2v) is 7.00. The van der Waals surface area contributed by atoms with Gasteiger partial charge in [0, 0.05) is 5.41 Å². The fraction of sp³-hybridized carbons (Fsp3) is 0.526. The lowest BCUT2D eigenvalue weighted by atomic mass is 9.75. The highest BCUT2D eigenvalue weighted by Gasteiger charge is 2.47. The van der Waals surface area contributed by atoms with E-state index in [4.69, 9.17) is 9.47 Å². The normalized spacial score (nSPS) is 17.1. The molecule has 0 spiro atoms. The number of rotatable bonds is 4. The number of hydrogen-bond acceptors (Lipinski definition) is 3. The molecule has 0 aromatic heterocycles. The Hall–Kier alpha value is -1.77. The first-order chi connectivity index (χ1) is 10.3. The van der Waals surface area contributed by atoms with Gasteiger partial charge in [0.2, 0.25) is 0 Å². The molecule has 0 unspecified atom stereocenters. The molecular formula is C19H26O3. The number of benzene rings is 1. The van der Waals surface area contributed by atoms with Crippen LogP contribution in [0.3, 0.4) is 0 Å². The minimum Gasteiger partial charge on any atom is -0.496 e. The highest BCUT2D eigenvalue weighted by atomic mass is 16.6. The first-order valence-corrected chi connectivity index (χ1v) is 7.87. The van der Waals surface area contributed by atoms with Gasteiger partial charge in [0.05, 0.1) is 7.11 Å². The monoisotopic (exact) mass is 302 g/mol. The summed E-state index contributed by atoms with van der Waals surface area (Å²) in [5.74, 6) is 0.232. The van der Waals surface area contributed by atoms with E-state index in [9.17, 15) is 4.79 Å².